The largest absolute Gasteiger partial charge is 0.352 e. The van der Waals surface area contributed by atoms with Crippen LogP contribution in [-0.2, 0) is 9.59 Å². The van der Waals surface area contributed by atoms with Gasteiger partial charge in [-0.1, -0.05) is 18.2 Å². The lowest BCUT2D eigenvalue weighted by molar-refractivity contribution is -0.120. The first-order chi connectivity index (χ1) is 6.33. The zero-order valence-corrected chi connectivity index (χ0v) is 7.19. The summed E-state index contributed by atoms with van der Waals surface area (Å²) in [5.41, 5.74) is 0.804. The van der Waals surface area contributed by atoms with Crippen molar-refractivity contribution in [3.8, 4) is 0 Å². The SMILES string of the molecule is O=CCC1CNC(=O)C2=CC=CC21. The summed E-state index contributed by atoms with van der Waals surface area (Å²) in [7, 11) is 0. The van der Waals surface area contributed by atoms with Gasteiger partial charge in [0.1, 0.15) is 6.29 Å². The fourth-order valence-corrected chi connectivity index (χ4v) is 1.94. The fourth-order valence-electron chi connectivity index (χ4n) is 1.94. The molecule has 0 saturated carbocycles. The van der Waals surface area contributed by atoms with Crippen LogP contribution >= 0.6 is 0 Å². The molecule has 1 aliphatic carbocycles. The minimum absolute atomic E-state index is 0.0112. The Hall–Kier alpha value is -1.38. The van der Waals surface area contributed by atoms with E-state index < -0.39 is 0 Å². The third-order valence-electron chi connectivity index (χ3n) is 2.65. The summed E-state index contributed by atoms with van der Waals surface area (Å²) in [4.78, 5) is 21.7. The molecule has 2 rings (SSSR count). The first-order valence-electron chi connectivity index (χ1n) is 4.43. The Morgan fingerprint density at radius 1 is 1.62 bits per heavy atom. The molecule has 1 aliphatic heterocycles. The van der Waals surface area contributed by atoms with Crippen molar-refractivity contribution in [2.45, 2.75) is 6.42 Å². The molecule has 3 heteroatoms. The lowest BCUT2D eigenvalue weighted by atomic mass is 9.83. The smallest absolute Gasteiger partial charge is 0.247 e. The quantitative estimate of drug-likeness (QED) is 0.622. The first kappa shape index (κ1) is 8.23. The Bertz CT molecular complexity index is 304. The van der Waals surface area contributed by atoms with Crippen molar-refractivity contribution in [2.24, 2.45) is 11.8 Å². The third-order valence-corrected chi connectivity index (χ3v) is 2.65. The van der Waals surface area contributed by atoms with E-state index in [1.54, 1.807) is 0 Å². The van der Waals surface area contributed by atoms with E-state index in [9.17, 15) is 9.59 Å². The van der Waals surface area contributed by atoms with E-state index in [2.05, 4.69) is 5.32 Å². The summed E-state index contributed by atoms with van der Waals surface area (Å²) >= 11 is 0. The maximum Gasteiger partial charge on any atom is 0.247 e. The number of amides is 1. The highest BCUT2D eigenvalue weighted by molar-refractivity contribution is 5.96. The van der Waals surface area contributed by atoms with Crippen molar-refractivity contribution in [1.82, 2.24) is 5.32 Å². The van der Waals surface area contributed by atoms with E-state index >= 15 is 0 Å². The van der Waals surface area contributed by atoms with Gasteiger partial charge in [0.25, 0.3) is 0 Å². The molecule has 1 heterocycles. The van der Waals surface area contributed by atoms with E-state index in [1.807, 2.05) is 18.2 Å². The van der Waals surface area contributed by atoms with Crippen LogP contribution in [0.4, 0.5) is 0 Å². The minimum Gasteiger partial charge on any atom is -0.352 e. The van der Waals surface area contributed by atoms with Gasteiger partial charge in [0.15, 0.2) is 0 Å². The second kappa shape index (κ2) is 3.17. The number of carbonyl (C=O) groups excluding carboxylic acids is 2. The van der Waals surface area contributed by atoms with Gasteiger partial charge in [-0.15, -0.1) is 0 Å². The molecule has 0 spiro atoms. The lowest BCUT2D eigenvalue weighted by Gasteiger charge is -2.28. The van der Waals surface area contributed by atoms with Crippen LogP contribution in [0.5, 0.6) is 0 Å². The molecule has 0 radical (unpaired) electrons. The van der Waals surface area contributed by atoms with Crippen LogP contribution in [0.15, 0.2) is 23.8 Å². The molecule has 2 atom stereocenters. The molecule has 0 aromatic rings. The second-order valence-electron chi connectivity index (χ2n) is 3.41. The van der Waals surface area contributed by atoms with Crippen molar-refractivity contribution in [2.75, 3.05) is 6.54 Å². The zero-order valence-electron chi connectivity index (χ0n) is 7.19. The van der Waals surface area contributed by atoms with E-state index in [-0.39, 0.29) is 17.7 Å². The maximum absolute atomic E-state index is 11.3. The molecule has 68 valence electrons. The van der Waals surface area contributed by atoms with Gasteiger partial charge < -0.3 is 10.1 Å². The average molecular weight is 177 g/mol. The number of hydrogen-bond donors (Lipinski definition) is 1. The number of rotatable bonds is 2. The number of aldehydes is 1. The summed E-state index contributed by atoms with van der Waals surface area (Å²) in [5.74, 6) is 0.427. The highest BCUT2D eigenvalue weighted by atomic mass is 16.1. The molecule has 0 aromatic heterocycles. The molecule has 2 unspecified atom stereocenters. The Labute approximate surface area is 76.5 Å². The molecule has 1 amide bonds. The lowest BCUT2D eigenvalue weighted by Crippen LogP contribution is -2.41. The molecule has 1 fully saturated rings. The van der Waals surface area contributed by atoms with Gasteiger partial charge >= 0.3 is 0 Å². The number of allylic oxidation sites excluding steroid dienone is 3. The Kier molecular flexibility index (Phi) is 2.00. The number of fused-ring (bicyclic) bond motifs is 1. The Morgan fingerprint density at radius 3 is 3.23 bits per heavy atom. The van der Waals surface area contributed by atoms with Gasteiger partial charge in [-0.25, -0.2) is 0 Å². The molecule has 0 bridgehead atoms. The standard InChI is InChI=1S/C10H11NO2/c12-5-4-7-6-11-10(13)9-3-1-2-8(7)9/h1-3,5,7-8H,4,6H2,(H,11,13). The van der Waals surface area contributed by atoms with Crippen LogP contribution in [0.2, 0.25) is 0 Å². The molecule has 0 aromatic carbocycles. The first-order valence-corrected chi connectivity index (χ1v) is 4.43. The van der Waals surface area contributed by atoms with Gasteiger partial charge in [0.2, 0.25) is 5.91 Å². The van der Waals surface area contributed by atoms with Crippen LogP contribution < -0.4 is 5.32 Å². The van der Waals surface area contributed by atoms with E-state index in [0.717, 1.165) is 11.9 Å². The van der Waals surface area contributed by atoms with Crippen molar-refractivity contribution < 1.29 is 9.59 Å². The van der Waals surface area contributed by atoms with Crippen molar-refractivity contribution >= 4 is 12.2 Å². The number of nitrogens with one attached hydrogen (secondary N) is 1. The molecular weight excluding hydrogens is 166 g/mol. The Morgan fingerprint density at radius 2 is 2.46 bits per heavy atom. The van der Waals surface area contributed by atoms with Crippen LogP contribution in [-0.4, -0.2) is 18.7 Å². The topological polar surface area (TPSA) is 46.2 Å². The summed E-state index contributed by atoms with van der Waals surface area (Å²) in [6.07, 6.45) is 7.17. The summed E-state index contributed by atoms with van der Waals surface area (Å²) in [6.45, 7) is 0.615. The van der Waals surface area contributed by atoms with Crippen LogP contribution in [0.25, 0.3) is 0 Å². The van der Waals surface area contributed by atoms with Crippen LogP contribution in [0.1, 0.15) is 6.42 Å². The molecule has 13 heavy (non-hydrogen) atoms. The average Bonchev–Trinajstić information content (AvgIpc) is 2.59. The molecule has 1 saturated heterocycles. The van der Waals surface area contributed by atoms with Gasteiger partial charge in [-0.2, -0.15) is 0 Å². The van der Waals surface area contributed by atoms with Gasteiger partial charge in [0, 0.05) is 24.5 Å². The minimum atomic E-state index is 0.0112. The molecule has 3 nitrogen and oxygen atoms in total. The highest BCUT2D eigenvalue weighted by Crippen LogP contribution is 2.31. The third kappa shape index (κ3) is 1.30. The predicted molar refractivity (Wildman–Crippen MR) is 47.9 cm³/mol. The van der Waals surface area contributed by atoms with Crippen molar-refractivity contribution in [1.29, 1.82) is 0 Å². The normalized spacial score (nSPS) is 30.8. The zero-order chi connectivity index (χ0) is 9.26. The number of hydrogen-bond acceptors (Lipinski definition) is 2. The van der Waals surface area contributed by atoms with Gasteiger partial charge in [-0.05, 0) is 5.92 Å². The van der Waals surface area contributed by atoms with E-state index in [4.69, 9.17) is 0 Å². The number of carbonyl (C=O) groups is 2. The maximum atomic E-state index is 11.3. The van der Waals surface area contributed by atoms with Gasteiger partial charge in [-0.3, -0.25) is 4.79 Å². The predicted octanol–water partition coefficient (Wildman–Crippen LogP) is 0.434. The summed E-state index contributed by atoms with van der Waals surface area (Å²) < 4.78 is 0. The second-order valence-corrected chi connectivity index (χ2v) is 3.41. The summed E-state index contributed by atoms with van der Waals surface area (Å²) in [5, 5.41) is 2.78. The Balaban J connectivity index is 2.18. The molecular formula is C10H11NO2. The highest BCUT2D eigenvalue weighted by Gasteiger charge is 2.33. The molecule has 2 aliphatic rings. The van der Waals surface area contributed by atoms with Crippen LogP contribution in [0, 0.1) is 11.8 Å². The monoisotopic (exact) mass is 177 g/mol. The fraction of sp³-hybridized carbons (Fsp3) is 0.400. The van der Waals surface area contributed by atoms with Crippen molar-refractivity contribution in [3.63, 3.8) is 0 Å². The van der Waals surface area contributed by atoms with E-state index in [1.165, 1.54) is 0 Å². The molecule has 1 N–H and O–H groups in total. The van der Waals surface area contributed by atoms with Gasteiger partial charge in [0.05, 0.1) is 0 Å². The number of piperidine rings is 1. The van der Waals surface area contributed by atoms with Crippen LogP contribution in [0.3, 0.4) is 0 Å². The van der Waals surface area contributed by atoms with Crippen molar-refractivity contribution in [3.05, 3.63) is 23.8 Å². The van der Waals surface area contributed by atoms with E-state index in [0.29, 0.717) is 13.0 Å². The summed E-state index contributed by atoms with van der Waals surface area (Å²) in [6, 6.07) is 0.